The molecule has 1 fully saturated rings. The second-order valence-corrected chi connectivity index (χ2v) is 6.06. The fourth-order valence-electron chi connectivity index (χ4n) is 2.29. The normalized spacial score (nSPS) is 14.3. The third kappa shape index (κ3) is 2.77. The topological polar surface area (TPSA) is 57.8 Å². The number of H-pyrrole nitrogens is 1. The van der Waals surface area contributed by atoms with Crippen LogP contribution in [-0.2, 0) is 11.2 Å². The number of carbonyl (C=O) groups is 1. The number of nitrogens with one attached hydrogen (secondary N) is 2. The van der Waals surface area contributed by atoms with Crippen molar-refractivity contribution in [3.05, 3.63) is 45.6 Å². The minimum Gasteiger partial charge on any atom is -0.309 e. The minimum atomic E-state index is -0.0474. The molecule has 0 spiro atoms. The van der Waals surface area contributed by atoms with Gasteiger partial charge in [0.15, 0.2) is 5.82 Å². The zero-order chi connectivity index (χ0) is 14.1. The molecule has 5 heteroatoms. The van der Waals surface area contributed by atoms with Crippen LogP contribution in [0.4, 0.5) is 5.82 Å². The van der Waals surface area contributed by atoms with Crippen molar-refractivity contribution in [2.45, 2.75) is 32.1 Å². The summed E-state index contributed by atoms with van der Waals surface area (Å²) in [5, 5.41) is 10.1. The second kappa shape index (κ2) is 5.40. The van der Waals surface area contributed by atoms with E-state index in [-0.39, 0.29) is 5.91 Å². The monoisotopic (exact) mass is 333 g/mol. The quantitative estimate of drug-likeness (QED) is 0.898. The highest BCUT2D eigenvalue weighted by Gasteiger charge is 2.28. The number of benzene rings is 1. The van der Waals surface area contributed by atoms with Gasteiger partial charge in [-0.05, 0) is 31.4 Å². The van der Waals surface area contributed by atoms with E-state index in [0.717, 1.165) is 15.6 Å². The van der Waals surface area contributed by atoms with Crippen molar-refractivity contribution in [3.63, 3.8) is 0 Å². The Balaban J connectivity index is 1.68. The van der Waals surface area contributed by atoms with Crippen molar-refractivity contribution in [2.24, 2.45) is 0 Å². The average molecular weight is 334 g/mol. The fourth-order valence-corrected chi connectivity index (χ4v) is 2.72. The molecule has 1 aliphatic rings. The summed E-state index contributed by atoms with van der Waals surface area (Å²) in [4.78, 5) is 12.1. The molecule has 104 valence electrons. The van der Waals surface area contributed by atoms with Crippen LogP contribution in [0.3, 0.4) is 0 Å². The van der Waals surface area contributed by atoms with Gasteiger partial charge in [-0.2, -0.15) is 5.10 Å². The summed E-state index contributed by atoms with van der Waals surface area (Å²) in [7, 11) is 0. The van der Waals surface area contributed by atoms with Gasteiger partial charge in [-0.1, -0.05) is 34.1 Å². The number of carbonyl (C=O) groups excluding carboxylic acids is 1. The van der Waals surface area contributed by atoms with E-state index in [4.69, 9.17) is 0 Å². The van der Waals surface area contributed by atoms with Crippen LogP contribution in [0.5, 0.6) is 0 Å². The van der Waals surface area contributed by atoms with Crippen LogP contribution in [0, 0.1) is 6.92 Å². The number of rotatable bonds is 4. The Kier molecular flexibility index (Phi) is 3.61. The van der Waals surface area contributed by atoms with Crippen molar-refractivity contribution in [2.75, 3.05) is 5.32 Å². The Morgan fingerprint density at radius 3 is 2.90 bits per heavy atom. The maximum atomic E-state index is 12.1. The molecule has 2 aromatic rings. The maximum Gasteiger partial charge on any atom is 0.230 e. The highest BCUT2D eigenvalue weighted by Crippen LogP contribution is 2.41. The number of anilines is 1. The van der Waals surface area contributed by atoms with Gasteiger partial charge >= 0.3 is 0 Å². The molecule has 1 aromatic heterocycles. The molecule has 2 N–H and O–H groups in total. The number of aromatic amines is 1. The summed E-state index contributed by atoms with van der Waals surface area (Å²) in [6.07, 6.45) is 2.77. The Labute approximate surface area is 126 Å². The molecule has 4 nitrogen and oxygen atoms in total. The number of hydrogen-bond donors (Lipinski definition) is 2. The van der Waals surface area contributed by atoms with Gasteiger partial charge in [-0.3, -0.25) is 9.89 Å². The first-order valence-electron chi connectivity index (χ1n) is 6.73. The lowest BCUT2D eigenvalue weighted by Gasteiger charge is -2.05. The van der Waals surface area contributed by atoms with E-state index in [0.29, 0.717) is 18.2 Å². The van der Waals surface area contributed by atoms with Crippen molar-refractivity contribution < 1.29 is 4.79 Å². The fraction of sp³-hybridized carbons (Fsp3) is 0.333. The van der Waals surface area contributed by atoms with E-state index in [2.05, 4.69) is 31.4 Å². The molecule has 0 atom stereocenters. The highest BCUT2D eigenvalue weighted by molar-refractivity contribution is 9.10. The second-order valence-electron chi connectivity index (χ2n) is 5.20. The van der Waals surface area contributed by atoms with Gasteiger partial charge in [0, 0.05) is 21.6 Å². The lowest BCUT2D eigenvalue weighted by Crippen LogP contribution is -2.15. The standard InChI is InChI=1S/C15H16BrN3O/c1-9-14(10-6-7-10)18-19-15(9)17-13(20)8-11-4-2-3-5-12(11)16/h2-5,10H,6-8H2,1H3,(H2,17,18,19,20). The largest absolute Gasteiger partial charge is 0.309 e. The first kappa shape index (κ1) is 13.4. The molecule has 0 saturated heterocycles. The molecule has 0 bridgehead atoms. The average Bonchev–Trinajstić information content (AvgIpc) is 3.19. The molecular weight excluding hydrogens is 318 g/mol. The van der Waals surface area contributed by atoms with Crippen molar-refractivity contribution >= 4 is 27.7 Å². The van der Waals surface area contributed by atoms with E-state index in [1.807, 2.05) is 31.2 Å². The molecule has 1 amide bonds. The number of hydrogen-bond acceptors (Lipinski definition) is 2. The third-order valence-corrected chi connectivity index (χ3v) is 4.37. The molecule has 1 aromatic carbocycles. The zero-order valence-electron chi connectivity index (χ0n) is 11.2. The lowest BCUT2D eigenvalue weighted by molar-refractivity contribution is -0.115. The van der Waals surface area contributed by atoms with Crippen LogP contribution >= 0.6 is 15.9 Å². The van der Waals surface area contributed by atoms with Crippen LogP contribution in [-0.4, -0.2) is 16.1 Å². The van der Waals surface area contributed by atoms with Crippen molar-refractivity contribution in [1.82, 2.24) is 10.2 Å². The van der Waals surface area contributed by atoms with E-state index in [1.165, 1.54) is 18.5 Å². The van der Waals surface area contributed by atoms with Crippen LogP contribution in [0.2, 0.25) is 0 Å². The molecule has 0 radical (unpaired) electrons. The van der Waals surface area contributed by atoms with Crippen molar-refractivity contribution in [3.8, 4) is 0 Å². The van der Waals surface area contributed by atoms with Gasteiger partial charge < -0.3 is 5.32 Å². The Morgan fingerprint density at radius 1 is 1.45 bits per heavy atom. The summed E-state index contributed by atoms with van der Waals surface area (Å²) >= 11 is 3.45. The van der Waals surface area contributed by atoms with Gasteiger partial charge in [0.2, 0.25) is 5.91 Å². The minimum absolute atomic E-state index is 0.0474. The number of nitrogens with zero attached hydrogens (tertiary/aromatic N) is 1. The summed E-state index contributed by atoms with van der Waals surface area (Å²) < 4.78 is 0.951. The highest BCUT2D eigenvalue weighted by atomic mass is 79.9. The van der Waals surface area contributed by atoms with Crippen LogP contribution in [0.15, 0.2) is 28.7 Å². The lowest BCUT2D eigenvalue weighted by atomic mass is 10.1. The summed E-state index contributed by atoms with van der Waals surface area (Å²) in [5.74, 6) is 1.22. The molecule has 1 aliphatic carbocycles. The molecular formula is C15H16BrN3O. The van der Waals surface area contributed by atoms with Crippen LogP contribution < -0.4 is 5.32 Å². The third-order valence-electron chi connectivity index (χ3n) is 3.60. The molecule has 3 rings (SSSR count). The first-order chi connectivity index (χ1) is 9.65. The van der Waals surface area contributed by atoms with E-state index < -0.39 is 0 Å². The number of aromatic nitrogens is 2. The molecule has 1 heterocycles. The van der Waals surface area contributed by atoms with Gasteiger partial charge in [0.1, 0.15) is 0 Å². The Bertz CT molecular complexity index is 646. The van der Waals surface area contributed by atoms with Crippen LogP contribution in [0.1, 0.15) is 35.6 Å². The maximum absolute atomic E-state index is 12.1. The van der Waals surface area contributed by atoms with E-state index in [1.54, 1.807) is 0 Å². The van der Waals surface area contributed by atoms with E-state index >= 15 is 0 Å². The van der Waals surface area contributed by atoms with Gasteiger partial charge in [-0.15, -0.1) is 0 Å². The smallest absolute Gasteiger partial charge is 0.230 e. The summed E-state index contributed by atoms with van der Waals surface area (Å²) in [6, 6.07) is 7.74. The van der Waals surface area contributed by atoms with Gasteiger partial charge in [0.05, 0.1) is 6.42 Å². The van der Waals surface area contributed by atoms with E-state index in [9.17, 15) is 4.79 Å². The molecule has 0 unspecified atom stereocenters. The Morgan fingerprint density at radius 2 is 2.20 bits per heavy atom. The summed E-state index contributed by atoms with van der Waals surface area (Å²) in [6.45, 7) is 2.01. The predicted octanol–water partition coefficient (Wildman–Crippen LogP) is 3.54. The van der Waals surface area contributed by atoms with Crippen molar-refractivity contribution in [1.29, 1.82) is 0 Å². The molecule has 1 saturated carbocycles. The van der Waals surface area contributed by atoms with Crippen LogP contribution in [0.25, 0.3) is 0 Å². The first-order valence-corrected chi connectivity index (χ1v) is 7.52. The molecule has 20 heavy (non-hydrogen) atoms. The molecule has 0 aliphatic heterocycles. The number of halogens is 1. The SMILES string of the molecule is Cc1c(NC(=O)Cc2ccccc2Br)n[nH]c1C1CC1. The zero-order valence-corrected chi connectivity index (χ0v) is 12.8. The number of amides is 1. The van der Waals surface area contributed by atoms with Gasteiger partial charge in [0.25, 0.3) is 0 Å². The summed E-state index contributed by atoms with van der Waals surface area (Å²) in [5.41, 5.74) is 3.20. The predicted molar refractivity (Wildman–Crippen MR) is 81.8 cm³/mol. The van der Waals surface area contributed by atoms with Gasteiger partial charge in [-0.25, -0.2) is 0 Å². The Hall–Kier alpha value is -1.62.